The first-order chi connectivity index (χ1) is 7.73. The Morgan fingerprint density at radius 2 is 0.941 bits per heavy atom. The van der Waals surface area contributed by atoms with Crippen LogP contribution in [0.5, 0.6) is 0 Å². The third kappa shape index (κ3) is 2.82. The Morgan fingerprint density at radius 3 is 1.18 bits per heavy atom. The smallest absolute Gasteiger partial charge is 0.281 e. The van der Waals surface area contributed by atoms with Crippen LogP contribution < -0.4 is 0 Å². The highest BCUT2D eigenvalue weighted by atomic mass is 31.3. The summed E-state index contributed by atoms with van der Waals surface area (Å²) in [5.74, 6) is 0. The van der Waals surface area contributed by atoms with E-state index in [-0.39, 0.29) is 0 Å². The van der Waals surface area contributed by atoms with Crippen molar-refractivity contribution in [2.75, 3.05) is 0 Å². The predicted octanol–water partition coefficient (Wildman–Crippen LogP) is 2.87. The Hall–Kier alpha value is 0.260. The van der Waals surface area contributed by atoms with Crippen LogP contribution in [0.2, 0.25) is 0 Å². The number of hydrogen-bond acceptors (Lipinski definition) is 7. The molecule has 100 valence electrons. The highest BCUT2D eigenvalue weighted by molar-refractivity contribution is 7.62. The van der Waals surface area contributed by atoms with Crippen LogP contribution >= 0.6 is 15.6 Å². The fourth-order valence-electron chi connectivity index (χ4n) is 1.41. The van der Waals surface area contributed by atoms with Gasteiger partial charge in [0, 0.05) is 0 Å². The van der Waals surface area contributed by atoms with E-state index in [0.29, 0.717) is 0 Å². The second-order valence-electron chi connectivity index (χ2n) is 4.22. The van der Waals surface area contributed by atoms with Gasteiger partial charge in [0.2, 0.25) is 0 Å². The Balaban J connectivity index is 2.08. The number of hydrogen-bond donors (Lipinski definition) is 0. The Bertz CT molecular complexity index is 333. The van der Waals surface area contributed by atoms with E-state index < -0.39 is 40.1 Å². The van der Waals surface area contributed by atoms with Gasteiger partial charge in [-0.25, -0.2) is 9.13 Å². The van der Waals surface area contributed by atoms with Crippen molar-refractivity contribution in [3.8, 4) is 0 Å². The van der Waals surface area contributed by atoms with Crippen LogP contribution in [0.4, 0.5) is 0 Å². The van der Waals surface area contributed by atoms with Gasteiger partial charge in [-0.05, 0) is 27.7 Å². The van der Waals surface area contributed by atoms with E-state index in [0.717, 1.165) is 0 Å². The quantitative estimate of drug-likeness (QED) is 0.722. The minimum Gasteiger partial charge on any atom is -0.281 e. The zero-order valence-electron chi connectivity index (χ0n) is 10.1. The van der Waals surface area contributed by atoms with E-state index in [1.54, 1.807) is 27.7 Å². The van der Waals surface area contributed by atoms with Crippen molar-refractivity contribution in [2.45, 2.75) is 52.1 Å². The molecule has 2 saturated heterocycles. The average Bonchev–Trinajstić information content (AvgIpc) is 2.51. The van der Waals surface area contributed by atoms with Crippen molar-refractivity contribution in [2.24, 2.45) is 0 Å². The molecule has 2 rings (SSSR count). The van der Waals surface area contributed by atoms with Crippen LogP contribution in [0.15, 0.2) is 0 Å². The summed E-state index contributed by atoms with van der Waals surface area (Å²) in [5, 5.41) is 0. The van der Waals surface area contributed by atoms with Gasteiger partial charge in [-0.2, -0.15) is 4.31 Å². The summed E-state index contributed by atoms with van der Waals surface area (Å²) in [4.78, 5) is 0. The topological polar surface area (TPSA) is 80.3 Å². The zero-order chi connectivity index (χ0) is 12.8. The maximum Gasteiger partial charge on any atom is 0.484 e. The molecule has 0 radical (unpaired) electrons. The second-order valence-corrected chi connectivity index (χ2v) is 7.50. The van der Waals surface area contributed by atoms with Crippen molar-refractivity contribution in [3.63, 3.8) is 0 Å². The molecule has 4 unspecified atom stereocenters. The van der Waals surface area contributed by atoms with Crippen LogP contribution in [-0.4, -0.2) is 24.4 Å². The van der Waals surface area contributed by atoms with Crippen LogP contribution in [-0.2, 0) is 31.5 Å². The lowest BCUT2D eigenvalue weighted by Gasteiger charge is -2.14. The van der Waals surface area contributed by atoms with Crippen LogP contribution in [0.3, 0.4) is 0 Å². The van der Waals surface area contributed by atoms with E-state index in [2.05, 4.69) is 0 Å². The fraction of sp³-hybridized carbons (Fsp3) is 1.00. The van der Waals surface area contributed by atoms with Gasteiger partial charge in [0.1, 0.15) is 0 Å². The molecule has 2 fully saturated rings. The van der Waals surface area contributed by atoms with Crippen LogP contribution in [0, 0.1) is 0 Å². The lowest BCUT2D eigenvalue weighted by Crippen LogP contribution is -2.13. The van der Waals surface area contributed by atoms with Crippen molar-refractivity contribution in [3.05, 3.63) is 0 Å². The van der Waals surface area contributed by atoms with Gasteiger partial charge >= 0.3 is 15.6 Å². The average molecular weight is 286 g/mol. The Kier molecular flexibility index (Phi) is 3.56. The molecule has 0 N–H and O–H groups in total. The zero-order valence-corrected chi connectivity index (χ0v) is 11.9. The molecule has 7 nitrogen and oxygen atoms in total. The van der Waals surface area contributed by atoms with Gasteiger partial charge in [-0.3, -0.25) is 18.1 Å². The maximum atomic E-state index is 12.0. The van der Waals surface area contributed by atoms with E-state index in [4.69, 9.17) is 22.4 Å². The van der Waals surface area contributed by atoms with Gasteiger partial charge in [0.25, 0.3) is 0 Å². The number of rotatable bonds is 2. The first kappa shape index (κ1) is 13.7. The van der Waals surface area contributed by atoms with E-state index in [1.807, 2.05) is 0 Å². The molecule has 0 amide bonds. The lowest BCUT2D eigenvalue weighted by atomic mass is 10.3. The standard InChI is InChI=1S/C8H16O7P2/c1-5-6(2)12-16(9,11-5)15-17(10)13-7(3)8(4)14-17/h5-8H,1-4H3. The normalized spacial score (nSPS) is 55.3. The summed E-state index contributed by atoms with van der Waals surface area (Å²) in [6.07, 6.45) is -1.59. The molecule has 2 aliphatic heterocycles. The van der Waals surface area contributed by atoms with E-state index in [9.17, 15) is 9.13 Å². The first-order valence-electron chi connectivity index (χ1n) is 5.38. The van der Waals surface area contributed by atoms with Crippen molar-refractivity contribution in [1.82, 2.24) is 0 Å². The van der Waals surface area contributed by atoms with E-state index >= 15 is 0 Å². The molecule has 17 heavy (non-hydrogen) atoms. The second kappa shape index (κ2) is 4.42. The van der Waals surface area contributed by atoms with Gasteiger partial charge in [-0.15, -0.1) is 0 Å². The molecular weight excluding hydrogens is 270 g/mol. The van der Waals surface area contributed by atoms with Gasteiger partial charge < -0.3 is 0 Å². The molecular formula is C8H16O7P2. The molecule has 2 aliphatic rings. The summed E-state index contributed by atoms with van der Waals surface area (Å²) < 4.78 is 49.0. The summed E-state index contributed by atoms with van der Waals surface area (Å²) in [6, 6.07) is 0. The lowest BCUT2D eigenvalue weighted by molar-refractivity contribution is 0.187. The van der Waals surface area contributed by atoms with Gasteiger partial charge in [0.05, 0.1) is 24.4 Å². The van der Waals surface area contributed by atoms with E-state index in [1.165, 1.54) is 0 Å². The number of phosphoric ester groups is 2. The third-order valence-corrected chi connectivity index (χ3v) is 6.67. The fourth-order valence-corrected chi connectivity index (χ4v) is 5.42. The van der Waals surface area contributed by atoms with Gasteiger partial charge in [-0.1, -0.05) is 0 Å². The number of phosphoric acid groups is 2. The minimum atomic E-state index is -3.86. The third-order valence-electron chi connectivity index (χ3n) is 2.70. The molecule has 0 spiro atoms. The largest absolute Gasteiger partial charge is 0.484 e. The SMILES string of the molecule is CC1OP(=O)(OP2(=O)OC(C)C(C)O2)OC1C. The Morgan fingerprint density at radius 1 is 0.706 bits per heavy atom. The molecule has 2 heterocycles. The van der Waals surface area contributed by atoms with Gasteiger partial charge in [0.15, 0.2) is 0 Å². The molecule has 0 bridgehead atoms. The Labute approximate surface area is 99.9 Å². The van der Waals surface area contributed by atoms with Crippen LogP contribution in [0.1, 0.15) is 27.7 Å². The molecule has 0 aromatic carbocycles. The summed E-state index contributed by atoms with van der Waals surface area (Å²) in [6.45, 7) is 6.74. The molecule has 0 aromatic rings. The summed E-state index contributed by atoms with van der Waals surface area (Å²) in [7, 11) is -7.73. The molecule has 0 aliphatic carbocycles. The molecule has 4 atom stereocenters. The van der Waals surface area contributed by atoms with Crippen molar-refractivity contribution in [1.29, 1.82) is 0 Å². The maximum absolute atomic E-state index is 12.0. The van der Waals surface area contributed by atoms with Crippen molar-refractivity contribution < 1.29 is 31.5 Å². The van der Waals surface area contributed by atoms with Crippen molar-refractivity contribution >= 4 is 15.6 Å². The van der Waals surface area contributed by atoms with Crippen LogP contribution in [0.25, 0.3) is 0 Å². The molecule has 9 heteroatoms. The predicted molar refractivity (Wildman–Crippen MR) is 58.5 cm³/mol. The minimum absolute atomic E-state index is 0.398. The highest BCUT2D eigenvalue weighted by Crippen LogP contribution is 2.71. The highest BCUT2D eigenvalue weighted by Gasteiger charge is 2.52. The summed E-state index contributed by atoms with van der Waals surface area (Å²) in [5.41, 5.74) is 0. The molecule has 0 aromatic heterocycles. The molecule has 0 saturated carbocycles. The first-order valence-corrected chi connectivity index (χ1v) is 8.30. The monoisotopic (exact) mass is 286 g/mol. The summed E-state index contributed by atoms with van der Waals surface area (Å²) >= 11 is 0.